The molecule has 0 saturated carbocycles. The van der Waals surface area contributed by atoms with Crippen molar-refractivity contribution in [3.8, 4) is 5.75 Å². The van der Waals surface area contributed by atoms with Crippen LogP contribution in [0.15, 0.2) is 38.0 Å². The van der Waals surface area contributed by atoms with Crippen molar-refractivity contribution < 1.29 is 4.74 Å². The quantitative estimate of drug-likeness (QED) is 0.578. The zero-order chi connectivity index (χ0) is 13.8. The number of benzene rings is 1. The van der Waals surface area contributed by atoms with E-state index < -0.39 is 36.8 Å². The van der Waals surface area contributed by atoms with Gasteiger partial charge in [0.1, 0.15) is 0 Å². The summed E-state index contributed by atoms with van der Waals surface area (Å²) >= 11 is -3.86. The maximum absolute atomic E-state index is 5.82. The first-order valence-corrected chi connectivity index (χ1v) is 26.6. The molecule has 0 fully saturated rings. The van der Waals surface area contributed by atoms with Gasteiger partial charge in [-0.1, -0.05) is 0 Å². The molecule has 0 aliphatic rings. The summed E-state index contributed by atoms with van der Waals surface area (Å²) in [4.78, 5) is 15.1. The summed E-state index contributed by atoms with van der Waals surface area (Å²) in [6.45, 7) is 0.738. The van der Waals surface area contributed by atoms with Crippen LogP contribution in [-0.4, -0.2) is 43.4 Å². The summed E-state index contributed by atoms with van der Waals surface area (Å²) in [5.41, 5.74) is 0. The van der Waals surface area contributed by atoms with E-state index in [2.05, 4.69) is 35.7 Å². The fourth-order valence-electron chi connectivity index (χ4n) is 2.48. The second kappa shape index (κ2) is 6.69. The van der Waals surface area contributed by atoms with Gasteiger partial charge >= 0.3 is 121 Å². The van der Waals surface area contributed by atoms with Crippen molar-refractivity contribution in [2.24, 2.45) is 0 Å². The molecule has 0 amide bonds. The van der Waals surface area contributed by atoms with Crippen LogP contribution in [0.3, 0.4) is 0 Å². The van der Waals surface area contributed by atoms with Crippen LogP contribution in [-0.2, 0) is 0 Å². The normalized spacial score (nSPS) is 12.1. The molecule has 1 rings (SSSR count). The Balaban J connectivity index is 2.74. The van der Waals surface area contributed by atoms with Gasteiger partial charge in [0.05, 0.1) is 0 Å². The molecule has 0 aliphatic heterocycles. The average Bonchev–Trinajstić information content (AvgIpc) is 2.22. The van der Waals surface area contributed by atoms with Crippen molar-refractivity contribution in [1.82, 2.24) is 0 Å². The monoisotopic (exact) mass is 462 g/mol. The summed E-state index contributed by atoms with van der Waals surface area (Å²) in [7, 11) is 0. The second-order valence-corrected chi connectivity index (χ2v) is 39.6. The minimum absolute atomic E-state index is 0.738. The molecule has 0 aliphatic carbocycles. The van der Waals surface area contributed by atoms with Crippen LogP contribution in [0, 0.1) is 0 Å². The zero-order valence-electron chi connectivity index (χ0n) is 12.6. The van der Waals surface area contributed by atoms with Crippen LogP contribution < -0.4 is 4.74 Å². The molecule has 18 heavy (non-hydrogen) atoms. The first-order chi connectivity index (χ1) is 8.21. The van der Waals surface area contributed by atoms with E-state index in [1.807, 2.05) is 31.9 Å². The van der Waals surface area contributed by atoms with Crippen LogP contribution in [0.4, 0.5) is 0 Å². The van der Waals surface area contributed by atoms with Gasteiger partial charge < -0.3 is 0 Å². The van der Waals surface area contributed by atoms with Gasteiger partial charge in [0.25, 0.3) is 0 Å². The Morgan fingerprint density at radius 2 is 1.44 bits per heavy atom. The molecule has 1 aromatic rings. The molecule has 0 atom stereocenters. The predicted octanol–water partition coefficient (Wildman–Crippen LogP) is 4.75. The van der Waals surface area contributed by atoms with E-state index in [4.69, 9.17) is 4.74 Å². The summed E-state index contributed by atoms with van der Waals surface area (Å²) < 4.78 is 7.67. The molecule has 0 spiro atoms. The van der Waals surface area contributed by atoms with Gasteiger partial charge in [-0.25, -0.2) is 0 Å². The van der Waals surface area contributed by atoms with Gasteiger partial charge in [-0.2, -0.15) is 0 Å². The number of hydrogen-bond acceptors (Lipinski definition) is 1. The summed E-state index contributed by atoms with van der Waals surface area (Å²) in [6.07, 6.45) is 2.42. The molecular weight excluding hydrogens is 434 g/mol. The van der Waals surface area contributed by atoms with Crippen molar-refractivity contribution >= 4 is 36.8 Å². The molecule has 0 N–H and O–H groups in total. The van der Waals surface area contributed by atoms with E-state index in [9.17, 15) is 0 Å². The number of ether oxygens (including phenoxy) is 1. The molecule has 3 heteroatoms. The van der Waals surface area contributed by atoms with Crippen LogP contribution in [0.1, 0.15) is 0 Å². The number of para-hydroxylation sites is 1. The van der Waals surface area contributed by atoms with Crippen molar-refractivity contribution in [3.05, 3.63) is 38.0 Å². The fourth-order valence-corrected chi connectivity index (χ4v) is 55.9. The first-order valence-electron chi connectivity index (χ1n) is 6.60. The third-order valence-electron chi connectivity index (χ3n) is 2.90. The molecule has 1 aromatic carbocycles. The van der Waals surface area contributed by atoms with E-state index in [-0.39, 0.29) is 0 Å². The van der Waals surface area contributed by atoms with E-state index in [1.54, 1.807) is 0 Å². The summed E-state index contributed by atoms with van der Waals surface area (Å²) in [5, 5.41) is 0. The van der Waals surface area contributed by atoms with Gasteiger partial charge in [0, 0.05) is 0 Å². The van der Waals surface area contributed by atoms with E-state index >= 15 is 0 Å². The molecule has 0 radical (unpaired) electrons. The number of rotatable bonds is 5. The van der Waals surface area contributed by atoms with Crippen molar-refractivity contribution in [2.75, 3.05) is 6.61 Å². The Kier molecular flexibility index (Phi) is 6.10. The third-order valence-corrected chi connectivity index (χ3v) is 42.0. The van der Waals surface area contributed by atoms with Gasteiger partial charge in [-0.05, 0) is 0 Å². The molecule has 0 heterocycles. The van der Waals surface area contributed by atoms with Gasteiger partial charge in [-0.3, -0.25) is 0 Å². The minimum atomic E-state index is -1.93. The molecule has 0 aromatic heterocycles. The van der Waals surface area contributed by atoms with Gasteiger partial charge in [0.15, 0.2) is 0 Å². The topological polar surface area (TPSA) is 9.23 Å². The predicted molar refractivity (Wildman–Crippen MR) is 86.7 cm³/mol. The maximum atomic E-state index is 5.82. The van der Waals surface area contributed by atoms with E-state index in [1.165, 1.54) is 0 Å². The Hall–Kier alpha value is 0.357. The van der Waals surface area contributed by atoms with Crippen molar-refractivity contribution in [2.45, 2.75) is 29.6 Å². The molecular formula is C15H26OSn2. The van der Waals surface area contributed by atoms with Gasteiger partial charge in [0.2, 0.25) is 0 Å². The Morgan fingerprint density at radius 1 is 0.944 bits per heavy atom. The zero-order valence-corrected chi connectivity index (χ0v) is 18.3. The van der Waals surface area contributed by atoms with Crippen LogP contribution in [0.25, 0.3) is 0 Å². The Morgan fingerprint density at radius 3 is 1.89 bits per heavy atom. The molecule has 0 saturated heterocycles. The average molecular weight is 460 g/mol. The summed E-state index contributed by atoms with van der Waals surface area (Å²) in [5.74, 6) is 0.973. The van der Waals surface area contributed by atoms with E-state index in [0.717, 1.165) is 12.4 Å². The second-order valence-electron chi connectivity index (χ2n) is 6.74. The van der Waals surface area contributed by atoms with Crippen LogP contribution in [0.5, 0.6) is 5.75 Å². The van der Waals surface area contributed by atoms with Crippen LogP contribution in [0.2, 0.25) is 29.6 Å². The van der Waals surface area contributed by atoms with Crippen molar-refractivity contribution in [1.29, 1.82) is 0 Å². The van der Waals surface area contributed by atoms with E-state index in [0.29, 0.717) is 0 Å². The molecule has 1 nitrogen and oxygen atoms in total. The SMILES string of the molecule is [CH3][Sn]([CH3])([CH3])[C](=CCOc1ccccc1)[Sn]([CH3])([CH3])[CH3]. The molecule has 0 bridgehead atoms. The van der Waals surface area contributed by atoms with Gasteiger partial charge in [-0.15, -0.1) is 0 Å². The number of hydrogen-bond donors (Lipinski definition) is 0. The third kappa shape index (κ3) is 5.55. The van der Waals surface area contributed by atoms with Crippen LogP contribution >= 0.6 is 0 Å². The first kappa shape index (κ1) is 16.4. The standard InChI is InChI=1S/C9H8O.6CH3.2Sn/c1-2-8-10-9-6-4-3-5-7-9;;;;;;;;/h2-7H,8H2;6*1H3;;. The Bertz CT molecular complexity index is 381. The molecule has 0 unspecified atom stereocenters. The Labute approximate surface area is 120 Å². The fraction of sp³-hybridized carbons (Fsp3) is 0.467. The van der Waals surface area contributed by atoms with Crippen molar-refractivity contribution in [3.63, 3.8) is 0 Å². The summed E-state index contributed by atoms with van der Waals surface area (Å²) in [6, 6.07) is 10.1. The molecule has 100 valence electrons.